The Morgan fingerprint density at radius 1 is 1.24 bits per heavy atom. The number of halogens is 2. The van der Waals surface area contributed by atoms with Gasteiger partial charge in [-0.15, -0.1) is 0 Å². The molecule has 2 rings (SSSR count). The molecule has 21 heavy (non-hydrogen) atoms. The van der Waals surface area contributed by atoms with Crippen LogP contribution in [0.2, 0.25) is 5.02 Å². The molecular weight excluding hydrogens is 297 g/mol. The number of nitrogens with one attached hydrogen (secondary N) is 2. The lowest BCUT2D eigenvalue weighted by molar-refractivity contribution is 0.0961. The predicted octanol–water partition coefficient (Wildman–Crippen LogP) is 2.49. The Bertz CT molecular complexity index is 706. The van der Waals surface area contributed by atoms with Gasteiger partial charge in [-0.3, -0.25) is 14.6 Å². The molecule has 0 spiro atoms. The minimum absolute atomic E-state index is 0.161. The highest BCUT2D eigenvalue weighted by Gasteiger charge is 2.14. The number of hydrogen-bond donors (Lipinski definition) is 2. The van der Waals surface area contributed by atoms with Crippen LogP contribution in [0.4, 0.5) is 10.1 Å². The van der Waals surface area contributed by atoms with Crippen molar-refractivity contribution >= 4 is 29.1 Å². The number of hydrogen-bond acceptors (Lipinski definition) is 3. The minimum Gasteiger partial charge on any atom is -0.355 e. The first kappa shape index (κ1) is 14.9. The Balaban J connectivity index is 2.29. The van der Waals surface area contributed by atoms with Crippen LogP contribution in [0.15, 0.2) is 36.7 Å². The first-order valence-corrected chi connectivity index (χ1v) is 6.33. The van der Waals surface area contributed by atoms with Crippen molar-refractivity contribution in [2.45, 2.75) is 0 Å². The van der Waals surface area contributed by atoms with Gasteiger partial charge >= 0.3 is 0 Å². The number of carbonyl (C=O) groups excluding carboxylic acids is 2. The number of pyridine rings is 1. The van der Waals surface area contributed by atoms with Crippen molar-refractivity contribution in [3.63, 3.8) is 0 Å². The van der Waals surface area contributed by atoms with Crippen LogP contribution in [-0.2, 0) is 0 Å². The molecule has 2 N–H and O–H groups in total. The van der Waals surface area contributed by atoms with E-state index in [1.807, 2.05) is 0 Å². The lowest BCUT2D eigenvalue weighted by Gasteiger charge is -2.09. The summed E-state index contributed by atoms with van der Waals surface area (Å²) in [6.45, 7) is 0. The van der Waals surface area contributed by atoms with Crippen molar-refractivity contribution in [3.05, 3.63) is 58.6 Å². The quantitative estimate of drug-likeness (QED) is 0.915. The van der Waals surface area contributed by atoms with Crippen LogP contribution in [0.25, 0.3) is 0 Å². The second kappa shape index (κ2) is 6.32. The third-order valence-electron chi connectivity index (χ3n) is 2.72. The molecule has 0 aliphatic rings. The van der Waals surface area contributed by atoms with Gasteiger partial charge < -0.3 is 10.6 Å². The zero-order valence-corrected chi connectivity index (χ0v) is 11.7. The van der Waals surface area contributed by atoms with E-state index in [0.717, 1.165) is 6.20 Å². The average Bonchev–Trinajstić information content (AvgIpc) is 2.49. The fourth-order valence-corrected chi connectivity index (χ4v) is 1.82. The van der Waals surface area contributed by atoms with E-state index in [9.17, 15) is 14.0 Å². The van der Waals surface area contributed by atoms with Crippen molar-refractivity contribution in [2.75, 3.05) is 12.4 Å². The van der Waals surface area contributed by atoms with Crippen LogP contribution in [0.3, 0.4) is 0 Å². The third kappa shape index (κ3) is 3.35. The second-order valence-electron chi connectivity index (χ2n) is 4.08. The molecule has 0 bridgehead atoms. The number of benzene rings is 1. The summed E-state index contributed by atoms with van der Waals surface area (Å²) in [7, 11) is 1.49. The molecule has 0 saturated carbocycles. The monoisotopic (exact) mass is 307 g/mol. The number of anilines is 1. The Kier molecular flexibility index (Phi) is 4.49. The molecule has 0 atom stereocenters. The SMILES string of the molecule is CNC(=O)c1ccc(Cl)c(NC(=O)c2ccncc2F)c1. The summed E-state index contributed by atoms with van der Waals surface area (Å²) in [5, 5.41) is 5.17. The van der Waals surface area contributed by atoms with E-state index in [4.69, 9.17) is 11.6 Å². The van der Waals surface area contributed by atoms with Crippen LogP contribution in [0, 0.1) is 5.82 Å². The van der Waals surface area contributed by atoms with E-state index >= 15 is 0 Å². The van der Waals surface area contributed by atoms with E-state index in [1.165, 1.54) is 37.5 Å². The highest BCUT2D eigenvalue weighted by Crippen LogP contribution is 2.24. The highest BCUT2D eigenvalue weighted by atomic mass is 35.5. The van der Waals surface area contributed by atoms with E-state index in [2.05, 4.69) is 15.6 Å². The van der Waals surface area contributed by atoms with Gasteiger partial charge in [-0.25, -0.2) is 4.39 Å². The molecule has 7 heteroatoms. The van der Waals surface area contributed by atoms with Gasteiger partial charge in [0.25, 0.3) is 11.8 Å². The van der Waals surface area contributed by atoms with Crippen LogP contribution >= 0.6 is 11.6 Å². The predicted molar refractivity (Wildman–Crippen MR) is 77.0 cm³/mol. The average molecular weight is 308 g/mol. The van der Waals surface area contributed by atoms with Gasteiger partial charge in [-0.2, -0.15) is 0 Å². The van der Waals surface area contributed by atoms with Gasteiger partial charge in [0.05, 0.1) is 22.5 Å². The maximum atomic E-state index is 13.5. The summed E-state index contributed by atoms with van der Waals surface area (Å²) in [6, 6.07) is 5.66. The van der Waals surface area contributed by atoms with Gasteiger partial charge in [0.1, 0.15) is 0 Å². The summed E-state index contributed by atoms with van der Waals surface area (Å²) in [5.41, 5.74) is 0.387. The summed E-state index contributed by atoms with van der Waals surface area (Å²) in [4.78, 5) is 27.1. The molecule has 2 amide bonds. The number of amides is 2. The summed E-state index contributed by atoms with van der Waals surface area (Å²) < 4.78 is 13.5. The van der Waals surface area contributed by atoms with Gasteiger partial charge in [-0.1, -0.05) is 11.6 Å². The van der Waals surface area contributed by atoms with Crippen molar-refractivity contribution in [1.82, 2.24) is 10.3 Å². The summed E-state index contributed by atoms with van der Waals surface area (Å²) in [5.74, 6) is -1.74. The van der Waals surface area contributed by atoms with E-state index < -0.39 is 11.7 Å². The number of nitrogens with zero attached hydrogens (tertiary/aromatic N) is 1. The van der Waals surface area contributed by atoms with Crippen LogP contribution in [-0.4, -0.2) is 23.8 Å². The zero-order chi connectivity index (χ0) is 15.4. The molecule has 1 heterocycles. The molecule has 1 aromatic carbocycles. The Morgan fingerprint density at radius 3 is 2.67 bits per heavy atom. The first-order valence-electron chi connectivity index (χ1n) is 5.95. The molecular formula is C14H11ClFN3O2. The molecule has 1 aromatic heterocycles. The normalized spacial score (nSPS) is 10.0. The number of rotatable bonds is 3. The lowest BCUT2D eigenvalue weighted by Crippen LogP contribution is -2.19. The maximum Gasteiger partial charge on any atom is 0.258 e. The van der Waals surface area contributed by atoms with Gasteiger partial charge in [0, 0.05) is 18.8 Å². The zero-order valence-electron chi connectivity index (χ0n) is 11.0. The largest absolute Gasteiger partial charge is 0.355 e. The summed E-state index contributed by atoms with van der Waals surface area (Å²) in [6.07, 6.45) is 2.25. The van der Waals surface area contributed by atoms with E-state index in [1.54, 1.807) is 0 Å². The molecule has 2 aromatic rings. The van der Waals surface area contributed by atoms with Gasteiger partial charge in [0.15, 0.2) is 5.82 Å². The fraction of sp³-hybridized carbons (Fsp3) is 0.0714. The van der Waals surface area contributed by atoms with E-state index in [-0.39, 0.29) is 22.2 Å². The highest BCUT2D eigenvalue weighted by molar-refractivity contribution is 6.34. The lowest BCUT2D eigenvalue weighted by atomic mass is 10.1. The second-order valence-corrected chi connectivity index (χ2v) is 4.49. The molecule has 0 radical (unpaired) electrons. The Hall–Kier alpha value is -2.47. The minimum atomic E-state index is -0.742. The van der Waals surface area contributed by atoms with Crippen molar-refractivity contribution in [1.29, 1.82) is 0 Å². The Morgan fingerprint density at radius 2 is 2.00 bits per heavy atom. The molecule has 0 saturated heterocycles. The van der Waals surface area contributed by atoms with Gasteiger partial charge in [-0.05, 0) is 24.3 Å². The fourth-order valence-electron chi connectivity index (χ4n) is 1.66. The van der Waals surface area contributed by atoms with E-state index in [0.29, 0.717) is 5.56 Å². The van der Waals surface area contributed by atoms with Gasteiger partial charge in [0.2, 0.25) is 0 Å². The molecule has 0 fully saturated rings. The van der Waals surface area contributed by atoms with Crippen LogP contribution in [0.1, 0.15) is 20.7 Å². The number of aromatic nitrogens is 1. The standard InChI is InChI=1S/C14H11ClFN3O2/c1-17-13(20)8-2-3-10(15)12(6-8)19-14(21)9-4-5-18-7-11(9)16/h2-7H,1H3,(H,17,20)(H,19,21). The molecule has 108 valence electrons. The van der Waals surface area contributed by atoms with Crippen molar-refractivity contribution in [3.8, 4) is 0 Å². The molecule has 0 aliphatic heterocycles. The topological polar surface area (TPSA) is 71.1 Å². The molecule has 0 unspecified atom stereocenters. The van der Waals surface area contributed by atoms with Crippen LogP contribution in [0.5, 0.6) is 0 Å². The van der Waals surface area contributed by atoms with Crippen LogP contribution < -0.4 is 10.6 Å². The molecule has 0 aliphatic carbocycles. The number of carbonyl (C=O) groups is 2. The first-order chi connectivity index (χ1) is 10.0. The van der Waals surface area contributed by atoms with Crippen molar-refractivity contribution < 1.29 is 14.0 Å². The summed E-state index contributed by atoms with van der Waals surface area (Å²) >= 11 is 5.96. The third-order valence-corrected chi connectivity index (χ3v) is 3.05. The van der Waals surface area contributed by atoms with Crippen molar-refractivity contribution in [2.24, 2.45) is 0 Å². The smallest absolute Gasteiger partial charge is 0.258 e. The maximum absolute atomic E-state index is 13.5. The molecule has 5 nitrogen and oxygen atoms in total. The Labute approximate surface area is 125 Å².